The van der Waals surface area contributed by atoms with E-state index in [4.69, 9.17) is 0 Å². The summed E-state index contributed by atoms with van der Waals surface area (Å²) in [4.78, 5) is 0. The molecule has 3 unspecified atom stereocenters. The molecule has 2 saturated carbocycles. The summed E-state index contributed by atoms with van der Waals surface area (Å²) in [7, 11) is 0. The van der Waals surface area contributed by atoms with Gasteiger partial charge in [-0.2, -0.15) is 0 Å². The Hall–Kier alpha value is -0.140. The Morgan fingerprint density at radius 1 is 1.15 bits per heavy atom. The average molecular weight is 188 g/mol. The Labute approximate surface area is 78.7 Å². The smallest absolute Gasteiger partial charge is 0.210 e. The van der Waals surface area contributed by atoms with Crippen molar-refractivity contribution in [3.63, 3.8) is 0 Å². The molecular weight excluding hydrogens is 170 g/mol. The van der Waals surface area contributed by atoms with Crippen molar-refractivity contribution in [2.75, 3.05) is 0 Å². The minimum Gasteiger partial charge on any atom is -0.210 e. The molecule has 2 heteroatoms. The highest BCUT2D eigenvalue weighted by atomic mass is 19.3. The second kappa shape index (κ2) is 2.93. The third-order valence-corrected chi connectivity index (χ3v) is 4.26. The van der Waals surface area contributed by atoms with Gasteiger partial charge in [0, 0.05) is 5.41 Å². The molecule has 0 aliphatic heterocycles. The first-order chi connectivity index (χ1) is 6.01. The van der Waals surface area contributed by atoms with E-state index in [9.17, 15) is 8.78 Å². The second-order valence-corrected chi connectivity index (χ2v) is 5.40. The molecule has 13 heavy (non-hydrogen) atoms. The van der Waals surface area contributed by atoms with E-state index in [0.717, 1.165) is 12.3 Å². The molecule has 76 valence electrons. The molecule has 2 aliphatic rings. The Bertz CT molecular complexity index is 198. The molecule has 0 amide bonds. The fraction of sp³-hybridized carbons (Fsp3) is 1.00. The normalized spacial score (nSPS) is 39.0. The molecular formula is C11H18F2. The van der Waals surface area contributed by atoms with Crippen LogP contribution in [0.1, 0.15) is 39.5 Å². The Morgan fingerprint density at radius 3 is 2.23 bits per heavy atom. The van der Waals surface area contributed by atoms with Crippen molar-refractivity contribution in [2.24, 2.45) is 23.2 Å². The van der Waals surface area contributed by atoms with Gasteiger partial charge in [0.2, 0.25) is 6.43 Å². The second-order valence-electron chi connectivity index (χ2n) is 5.40. The molecule has 2 fully saturated rings. The first-order valence-electron chi connectivity index (χ1n) is 5.30. The van der Waals surface area contributed by atoms with E-state index < -0.39 is 11.8 Å². The molecule has 0 radical (unpaired) electrons. The topological polar surface area (TPSA) is 0 Å². The predicted octanol–water partition coefficient (Wildman–Crippen LogP) is 3.71. The van der Waals surface area contributed by atoms with Crippen LogP contribution in [0.2, 0.25) is 0 Å². The summed E-state index contributed by atoms with van der Waals surface area (Å²) in [6, 6.07) is 0. The molecule has 0 aromatic heterocycles. The largest absolute Gasteiger partial charge is 0.243 e. The van der Waals surface area contributed by atoms with Crippen LogP contribution >= 0.6 is 0 Å². The fourth-order valence-electron chi connectivity index (χ4n) is 3.32. The lowest BCUT2D eigenvalue weighted by Gasteiger charge is -2.36. The monoisotopic (exact) mass is 188 g/mol. The van der Waals surface area contributed by atoms with Gasteiger partial charge in [-0.3, -0.25) is 0 Å². The van der Waals surface area contributed by atoms with Crippen molar-refractivity contribution >= 4 is 0 Å². The molecule has 0 aromatic rings. The number of halogens is 2. The summed E-state index contributed by atoms with van der Waals surface area (Å²) in [5, 5.41) is 0. The van der Waals surface area contributed by atoms with Crippen LogP contribution in [-0.4, -0.2) is 6.43 Å². The summed E-state index contributed by atoms with van der Waals surface area (Å²) >= 11 is 0. The van der Waals surface area contributed by atoms with Crippen LogP contribution in [0.5, 0.6) is 0 Å². The van der Waals surface area contributed by atoms with Crippen molar-refractivity contribution in [3.8, 4) is 0 Å². The van der Waals surface area contributed by atoms with Gasteiger partial charge in [0.15, 0.2) is 0 Å². The van der Waals surface area contributed by atoms with Crippen molar-refractivity contribution < 1.29 is 8.78 Å². The zero-order chi connectivity index (χ0) is 9.64. The van der Waals surface area contributed by atoms with E-state index in [1.165, 1.54) is 19.3 Å². The molecule has 0 nitrogen and oxygen atoms in total. The summed E-state index contributed by atoms with van der Waals surface area (Å²) in [6.45, 7) is 3.48. The van der Waals surface area contributed by atoms with E-state index in [0.29, 0.717) is 5.92 Å². The molecule has 0 saturated heterocycles. The van der Waals surface area contributed by atoms with Gasteiger partial charge in [0.25, 0.3) is 0 Å². The highest BCUT2D eigenvalue weighted by molar-refractivity contribution is 4.96. The number of hydrogen-bond donors (Lipinski definition) is 0. The fourth-order valence-corrected chi connectivity index (χ4v) is 3.32. The number of rotatable bonds is 2. The first-order valence-corrected chi connectivity index (χ1v) is 5.30. The van der Waals surface area contributed by atoms with E-state index in [-0.39, 0.29) is 5.92 Å². The average Bonchev–Trinajstić information content (AvgIpc) is 2.63. The summed E-state index contributed by atoms with van der Waals surface area (Å²) in [5.41, 5.74) is -0.750. The predicted molar refractivity (Wildman–Crippen MR) is 48.7 cm³/mol. The molecule has 0 N–H and O–H groups in total. The summed E-state index contributed by atoms with van der Waals surface area (Å²) < 4.78 is 25.6. The van der Waals surface area contributed by atoms with Crippen molar-refractivity contribution in [3.05, 3.63) is 0 Å². The maximum Gasteiger partial charge on any atom is 0.243 e. The molecule has 2 bridgehead atoms. The standard InChI is InChI=1S/C11H18F2/c1-11(2,10(12)13)9-6-7-3-4-8(9)5-7/h7-10H,3-6H2,1-2H3. The third kappa shape index (κ3) is 1.38. The zero-order valence-electron chi connectivity index (χ0n) is 8.39. The molecule has 3 atom stereocenters. The van der Waals surface area contributed by atoms with Crippen molar-refractivity contribution in [1.82, 2.24) is 0 Å². The first kappa shape index (κ1) is 9.42. The van der Waals surface area contributed by atoms with Crippen LogP contribution in [0.25, 0.3) is 0 Å². The van der Waals surface area contributed by atoms with Crippen LogP contribution in [0, 0.1) is 23.2 Å². The Balaban J connectivity index is 2.09. The van der Waals surface area contributed by atoms with Gasteiger partial charge in [-0.15, -0.1) is 0 Å². The quantitative estimate of drug-likeness (QED) is 0.619. The van der Waals surface area contributed by atoms with E-state index in [1.54, 1.807) is 13.8 Å². The summed E-state index contributed by atoms with van der Waals surface area (Å²) in [5.74, 6) is 1.66. The Kier molecular flexibility index (Phi) is 2.12. The van der Waals surface area contributed by atoms with Gasteiger partial charge in [0.05, 0.1) is 0 Å². The van der Waals surface area contributed by atoms with Crippen LogP contribution in [0.4, 0.5) is 8.78 Å². The van der Waals surface area contributed by atoms with Gasteiger partial charge in [-0.05, 0) is 37.0 Å². The molecule has 2 aliphatic carbocycles. The van der Waals surface area contributed by atoms with Crippen molar-refractivity contribution in [2.45, 2.75) is 46.0 Å². The minimum atomic E-state index is -2.16. The maximum atomic E-state index is 12.8. The SMILES string of the molecule is CC(C)(C(F)F)C1CC2CCC1C2. The zero-order valence-corrected chi connectivity index (χ0v) is 8.39. The van der Waals surface area contributed by atoms with Gasteiger partial charge in [-0.25, -0.2) is 8.78 Å². The molecule has 0 spiro atoms. The maximum absolute atomic E-state index is 12.8. The third-order valence-electron chi connectivity index (χ3n) is 4.26. The number of alkyl halides is 2. The van der Waals surface area contributed by atoms with Gasteiger partial charge in [0.1, 0.15) is 0 Å². The molecule has 0 aromatic carbocycles. The number of hydrogen-bond acceptors (Lipinski definition) is 0. The van der Waals surface area contributed by atoms with Gasteiger partial charge >= 0.3 is 0 Å². The Morgan fingerprint density at radius 2 is 1.85 bits per heavy atom. The van der Waals surface area contributed by atoms with Crippen LogP contribution in [0.15, 0.2) is 0 Å². The van der Waals surface area contributed by atoms with Gasteiger partial charge < -0.3 is 0 Å². The lowest BCUT2D eigenvalue weighted by atomic mass is 9.70. The highest BCUT2D eigenvalue weighted by Crippen LogP contribution is 2.56. The lowest BCUT2D eigenvalue weighted by Crippen LogP contribution is -2.34. The molecule has 2 rings (SSSR count). The molecule has 0 heterocycles. The van der Waals surface area contributed by atoms with E-state index in [1.807, 2.05) is 0 Å². The highest BCUT2D eigenvalue weighted by Gasteiger charge is 2.49. The van der Waals surface area contributed by atoms with Crippen molar-refractivity contribution in [1.29, 1.82) is 0 Å². The van der Waals surface area contributed by atoms with Gasteiger partial charge in [-0.1, -0.05) is 20.3 Å². The number of fused-ring (bicyclic) bond motifs is 2. The lowest BCUT2D eigenvalue weighted by molar-refractivity contribution is -0.0384. The minimum absolute atomic E-state index is 0.284. The van der Waals surface area contributed by atoms with Crippen LogP contribution in [0.3, 0.4) is 0 Å². The summed E-state index contributed by atoms with van der Waals surface area (Å²) in [6.07, 6.45) is 2.62. The van der Waals surface area contributed by atoms with Crippen LogP contribution < -0.4 is 0 Å². The van der Waals surface area contributed by atoms with E-state index in [2.05, 4.69) is 0 Å². The van der Waals surface area contributed by atoms with Crippen LogP contribution in [-0.2, 0) is 0 Å². The van der Waals surface area contributed by atoms with E-state index >= 15 is 0 Å².